The monoisotopic (exact) mass is 354 g/mol. The van der Waals surface area contributed by atoms with Crippen LogP contribution in [-0.4, -0.2) is 49.2 Å². The molecule has 1 aromatic carbocycles. The molecule has 2 aliphatic heterocycles. The van der Waals surface area contributed by atoms with Gasteiger partial charge in [0.2, 0.25) is 0 Å². The van der Waals surface area contributed by atoms with Gasteiger partial charge in [-0.3, -0.25) is 4.99 Å². The number of hydrogen-bond acceptors (Lipinski definition) is 2. The molecule has 2 aromatic rings. The molecular formula is C21H30N4O. The van der Waals surface area contributed by atoms with E-state index in [1.165, 1.54) is 46.1 Å². The Morgan fingerprint density at radius 1 is 1.31 bits per heavy atom. The van der Waals surface area contributed by atoms with Crippen LogP contribution in [0.5, 0.6) is 0 Å². The van der Waals surface area contributed by atoms with E-state index < -0.39 is 0 Å². The summed E-state index contributed by atoms with van der Waals surface area (Å²) in [7, 11) is 1.88. The normalized spacial score (nSPS) is 23.5. The Morgan fingerprint density at radius 2 is 2.15 bits per heavy atom. The molecule has 5 heteroatoms. The summed E-state index contributed by atoms with van der Waals surface area (Å²) in [4.78, 5) is 10.5. The molecule has 2 saturated heterocycles. The van der Waals surface area contributed by atoms with Crippen molar-refractivity contribution in [3.8, 4) is 0 Å². The Balaban J connectivity index is 1.51. The molecule has 2 fully saturated rings. The summed E-state index contributed by atoms with van der Waals surface area (Å²) in [6.45, 7) is 11.2. The number of hydrogen-bond donors (Lipinski definition) is 2. The summed E-state index contributed by atoms with van der Waals surface area (Å²) >= 11 is 0. The molecule has 1 unspecified atom stereocenters. The second-order valence-corrected chi connectivity index (χ2v) is 8.10. The Hall–Kier alpha value is -2.01. The van der Waals surface area contributed by atoms with Gasteiger partial charge in [0.1, 0.15) is 0 Å². The third kappa shape index (κ3) is 2.98. The number of aliphatic imine (C=N–C) groups is 1. The van der Waals surface area contributed by atoms with Crippen molar-refractivity contribution in [3.63, 3.8) is 0 Å². The van der Waals surface area contributed by atoms with Crippen LogP contribution in [0, 0.1) is 26.2 Å². The van der Waals surface area contributed by atoms with Gasteiger partial charge >= 0.3 is 0 Å². The Bertz CT molecular complexity index is 845. The van der Waals surface area contributed by atoms with Crippen molar-refractivity contribution in [2.45, 2.75) is 40.2 Å². The minimum atomic E-state index is 0.349. The highest BCUT2D eigenvalue weighted by molar-refractivity contribution is 5.88. The van der Waals surface area contributed by atoms with E-state index in [4.69, 9.17) is 4.74 Å². The second-order valence-electron chi connectivity index (χ2n) is 8.10. The fourth-order valence-electron chi connectivity index (χ4n) is 4.52. The number of fused-ring (bicyclic) bond motifs is 1. The summed E-state index contributed by atoms with van der Waals surface area (Å²) in [6, 6.07) is 4.55. The van der Waals surface area contributed by atoms with Gasteiger partial charge in [-0.25, -0.2) is 0 Å². The lowest BCUT2D eigenvalue weighted by molar-refractivity contribution is 0.156. The van der Waals surface area contributed by atoms with E-state index in [2.05, 4.69) is 53.1 Å². The van der Waals surface area contributed by atoms with Crippen LogP contribution in [0.25, 0.3) is 10.9 Å². The van der Waals surface area contributed by atoms with Crippen molar-refractivity contribution in [2.75, 3.05) is 33.4 Å². The highest BCUT2D eigenvalue weighted by Gasteiger charge is 2.42. The van der Waals surface area contributed by atoms with Crippen LogP contribution in [0.4, 0.5) is 0 Å². The number of likely N-dealkylation sites (tertiary alicyclic amines) is 1. The average molecular weight is 354 g/mol. The predicted octanol–water partition coefficient (Wildman–Crippen LogP) is 3.28. The molecule has 2 aliphatic rings. The number of aromatic nitrogens is 1. The summed E-state index contributed by atoms with van der Waals surface area (Å²) in [5, 5.41) is 4.93. The van der Waals surface area contributed by atoms with Gasteiger partial charge in [-0.2, -0.15) is 0 Å². The van der Waals surface area contributed by atoms with E-state index in [-0.39, 0.29) is 0 Å². The molecule has 1 aromatic heterocycles. The van der Waals surface area contributed by atoms with Gasteiger partial charge < -0.3 is 19.9 Å². The van der Waals surface area contributed by atoms with Gasteiger partial charge in [0.05, 0.1) is 12.1 Å². The first kappa shape index (κ1) is 17.4. The lowest BCUT2D eigenvalue weighted by Crippen LogP contribution is -2.41. The Kier molecular flexibility index (Phi) is 4.43. The van der Waals surface area contributed by atoms with E-state index in [1.54, 1.807) is 0 Å². The number of H-pyrrole nitrogens is 1. The highest BCUT2D eigenvalue weighted by atomic mass is 16.5. The van der Waals surface area contributed by atoms with Crippen LogP contribution in [0.1, 0.15) is 35.2 Å². The Morgan fingerprint density at radius 3 is 2.88 bits per heavy atom. The van der Waals surface area contributed by atoms with E-state index in [0.717, 1.165) is 38.8 Å². The van der Waals surface area contributed by atoms with Gasteiger partial charge in [0, 0.05) is 49.8 Å². The highest BCUT2D eigenvalue weighted by Crippen LogP contribution is 2.38. The predicted molar refractivity (Wildman–Crippen MR) is 107 cm³/mol. The molecule has 3 heterocycles. The number of ether oxygens (including phenoxy) is 1. The van der Waals surface area contributed by atoms with Crippen molar-refractivity contribution >= 4 is 16.9 Å². The topological polar surface area (TPSA) is 52.7 Å². The number of benzene rings is 1. The van der Waals surface area contributed by atoms with Crippen LogP contribution >= 0.6 is 0 Å². The molecule has 0 amide bonds. The minimum Gasteiger partial charge on any atom is -0.381 e. The van der Waals surface area contributed by atoms with Crippen LogP contribution in [-0.2, 0) is 11.3 Å². The number of aryl methyl sites for hydroxylation is 3. The zero-order valence-corrected chi connectivity index (χ0v) is 16.4. The van der Waals surface area contributed by atoms with Crippen molar-refractivity contribution in [1.82, 2.24) is 15.2 Å². The fraction of sp³-hybridized carbons (Fsp3) is 0.571. The maximum atomic E-state index is 5.66. The first-order valence-corrected chi connectivity index (χ1v) is 9.63. The quantitative estimate of drug-likeness (QED) is 0.643. The lowest BCUT2D eigenvalue weighted by Gasteiger charge is -2.25. The summed E-state index contributed by atoms with van der Waals surface area (Å²) in [5.74, 6) is 1.00. The average Bonchev–Trinajstić information content (AvgIpc) is 3.32. The van der Waals surface area contributed by atoms with Crippen molar-refractivity contribution in [3.05, 3.63) is 34.5 Å². The molecule has 2 N–H and O–H groups in total. The molecular weight excluding hydrogens is 324 g/mol. The van der Waals surface area contributed by atoms with Gasteiger partial charge in [0.25, 0.3) is 0 Å². The summed E-state index contributed by atoms with van der Waals surface area (Å²) in [5.41, 5.74) is 6.79. The first-order valence-electron chi connectivity index (χ1n) is 9.63. The van der Waals surface area contributed by atoms with Crippen LogP contribution in [0.15, 0.2) is 17.1 Å². The van der Waals surface area contributed by atoms with Crippen molar-refractivity contribution in [1.29, 1.82) is 0 Å². The fourth-order valence-corrected chi connectivity index (χ4v) is 4.52. The third-order valence-corrected chi connectivity index (χ3v) is 6.21. The van der Waals surface area contributed by atoms with Crippen molar-refractivity contribution < 1.29 is 4.74 Å². The zero-order chi connectivity index (χ0) is 18.3. The standard InChI is InChI=1S/C21H30N4O/c1-14-9-17(19-18(10-14)15(2)16(3)24-19)11-23-20(22-4)25-7-5-21(12-25)6-8-26-13-21/h9-10,24H,5-8,11-13H2,1-4H3,(H,22,23). The van der Waals surface area contributed by atoms with E-state index in [9.17, 15) is 0 Å². The summed E-state index contributed by atoms with van der Waals surface area (Å²) in [6.07, 6.45) is 2.39. The molecule has 0 aliphatic carbocycles. The number of nitrogens with zero attached hydrogens (tertiary/aromatic N) is 2. The molecule has 4 rings (SSSR count). The van der Waals surface area contributed by atoms with Gasteiger partial charge in [-0.1, -0.05) is 11.6 Å². The zero-order valence-electron chi connectivity index (χ0n) is 16.4. The number of guanidine groups is 1. The molecule has 26 heavy (non-hydrogen) atoms. The summed E-state index contributed by atoms with van der Waals surface area (Å²) < 4.78 is 5.66. The Labute approximate surface area is 155 Å². The smallest absolute Gasteiger partial charge is 0.193 e. The number of rotatable bonds is 2. The number of nitrogens with one attached hydrogen (secondary N) is 2. The number of aromatic amines is 1. The van der Waals surface area contributed by atoms with E-state index in [1.807, 2.05) is 7.05 Å². The molecule has 1 atom stereocenters. The maximum Gasteiger partial charge on any atom is 0.193 e. The SMILES string of the molecule is CN=C(NCc1cc(C)cc2c(C)c(C)[nH]c12)N1CCC2(CCOC2)C1. The third-order valence-electron chi connectivity index (χ3n) is 6.21. The van der Waals surface area contributed by atoms with E-state index >= 15 is 0 Å². The van der Waals surface area contributed by atoms with Gasteiger partial charge in [-0.05, 0) is 50.8 Å². The van der Waals surface area contributed by atoms with E-state index in [0.29, 0.717) is 5.41 Å². The van der Waals surface area contributed by atoms with Crippen LogP contribution in [0.2, 0.25) is 0 Å². The molecule has 140 valence electrons. The van der Waals surface area contributed by atoms with Crippen LogP contribution in [0.3, 0.4) is 0 Å². The van der Waals surface area contributed by atoms with Crippen LogP contribution < -0.4 is 5.32 Å². The van der Waals surface area contributed by atoms with Gasteiger partial charge in [0.15, 0.2) is 5.96 Å². The maximum absolute atomic E-state index is 5.66. The minimum absolute atomic E-state index is 0.349. The molecule has 5 nitrogen and oxygen atoms in total. The molecule has 0 saturated carbocycles. The largest absolute Gasteiger partial charge is 0.381 e. The molecule has 1 spiro atoms. The lowest BCUT2D eigenvalue weighted by atomic mass is 9.87. The first-order chi connectivity index (χ1) is 12.5. The van der Waals surface area contributed by atoms with Gasteiger partial charge in [-0.15, -0.1) is 0 Å². The molecule has 0 radical (unpaired) electrons. The van der Waals surface area contributed by atoms with Crippen molar-refractivity contribution in [2.24, 2.45) is 10.4 Å². The second kappa shape index (κ2) is 6.62. The molecule has 0 bridgehead atoms.